The third-order valence-electron chi connectivity index (χ3n) is 4.79. The molecule has 1 saturated heterocycles. The zero-order chi connectivity index (χ0) is 13.2. The fourth-order valence-corrected chi connectivity index (χ4v) is 2.92. The lowest BCUT2D eigenvalue weighted by molar-refractivity contribution is -0.129. The van der Waals surface area contributed by atoms with E-state index in [1.165, 1.54) is 12.8 Å². The minimum absolute atomic E-state index is 0.146. The third-order valence-corrected chi connectivity index (χ3v) is 4.79. The van der Waals surface area contributed by atoms with E-state index in [9.17, 15) is 9.90 Å². The fraction of sp³-hybridized carbons (Fsp3) is 0.929. The zero-order valence-corrected chi connectivity index (χ0v) is 11.5. The van der Waals surface area contributed by atoms with Crippen LogP contribution in [0, 0.1) is 11.3 Å². The zero-order valence-electron chi connectivity index (χ0n) is 11.5. The van der Waals surface area contributed by atoms with Gasteiger partial charge in [0, 0.05) is 17.9 Å². The van der Waals surface area contributed by atoms with Crippen molar-refractivity contribution in [2.75, 3.05) is 13.1 Å². The molecule has 1 aliphatic heterocycles. The second-order valence-corrected chi connectivity index (χ2v) is 6.43. The van der Waals surface area contributed by atoms with Crippen molar-refractivity contribution in [2.24, 2.45) is 11.3 Å². The highest BCUT2D eigenvalue weighted by Gasteiger charge is 2.47. The van der Waals surface area contributed by atoms with Gasteiger partial charge in [-0.15, -0.1) is 0 Å². The lowest BCUT2D eigenvalue weighted by Gasteiger charge is -2.49. The molecule has 1 saturated carbocycles. The molecule has 4 heteroatoms. The van der Waals surface area contributed by atoms with Crippen molar-refractivity contribution >= 4 is 5.91 Å². The topological polar surface area (TPSA) is 61.4 Å². The summed E-state index contributed by atoms with van der Waals surface area (Å²) in [5.74, 6) is 0.857. The summed E-state index contributed by atoms with van der Waals surface area (Å²) in [6.45, 7) is 6.21. The van der Waals surface area contributed by atoms with E-state index >= 15 is 0 Å². The molecule has 0 aromatic rings. The van der Waals surface area contributed by atoms with Crippen LogP contribution in [0.1, 0.15) is 46.0 Å². The molecular weight excluding hydrogens is 228 g/mol. The number of carbonyl (C=O) groups excluding carboxylic acids is 1. The van der Waals surface area contributed by atoms with Crippen molar-refractivity contribution in [3.05, 3.63) is 0 Å². The molecule has 3 N–H and O–H groups in total. The van der Waals surface area contributed by atoms with Gasteiger partial charge in [0.05, 0.1) is 6.10 Å². The molecule has 1 aliphatic carbocycles. The summed E-state index contributed by atoms with van der Waals surface area (Å²) >= 11 is 0. The Morgan fingerprint density at radius 1 is 1.39 bits per heavy atom. The highest BCUT2D eigenvalue weighted by atomic mass is 16.3. The van der Waals surface area contributed by atoms with Crippen LogP contribution in [0.2, 0.25) is 0 Å². The Hall–Kier alpha value is -0.610. The molecule has 2 aliphatic rings. The minimum atomic E-state index is -0.271. The van der Waals surface area contributed by atoms with E-state index in [0.717, 1.165) is 19.5 Å². The Kier molecular flexibility index (Phi) is 4.28. The van der Waals surface area contributed by atoms with Gasteiger partial charge in [0.15, 0.2) is 0 Å². The number of amides is 1. The van der Waals surface area contributed by atoms with E-state index in [4.69, 9.17) is 0 Å². The van der Waals surface area contributed by atoms with Crippen molar-refractivity contribution in [3.8, 4) is 0 Å². The molecule has 2 fully saturated rings. The Labute approximate surface area is 110 Å². The van der Waals surface area contributed by atoms with E-state index < -0.39 is 0 Å². The molecule has 2 unspecified atom stereocenters. The molecule has 0 spiro atoms. The highest BCUT2D eigenvalue weighted by molar-refractivity contribution is 5.76. The van der Waals surface area contributed by atoms with Gasteiger partial charge in [-0.1, -0.05) is 13.8 Å². The van der Waals surface area contributed by atoms with Crippen LogP contribution in [0.25, 0.3) is 0 Å². The first kappa shape index (κ1) is 13.8. The Morgan fingerprint density at radius 2 is 2.06 bits per heavy atom. The predicted octanol–water partition coefficient (Wildman–Crippen LogP) is 1.04. The van der Waals surface area contributed by atoms with Crippen LogP contribution >= 0.6 is 0 Å². The lowest BCUT2D eigenvalue weighted by atomic mass is 9.64. The number of nitrogens with one attached hydrogen (secondary N) is 2. The second kappa shape index (κ2) is 5.57. The average Bonchev–Trinajstić information content (AvgIpc) is 2.37. The van der Waals surface area contributed by atoms with Crippen molar-refractivity contribution in [1.82, 2.24) is 10.6 Å². The van der Waals surface area contributed by atoms with Crippen LogP contribution in [0.4, 0.5) is 0 Å². The highest BCUT2D eigenvalue weighted by Crippen LogP contribution is 2.40. The summed E-state index contributed by atoms with van der Waals surface area (Å²) in [5, 5.41) is 16.0. The first-order valence-electron chi connectivity index (χ1n) is 7.18. The van der Waals surface area contributed by atoms with Gasteiger partial charge in [-0.2, -0.15) is 0 Å². The number of aliphatic hydroxyl groups is 1. The standard InChI is InChI=1S/C14H26N2O2/c1-14(2)11(9-12(14)17)16-13(18)4-3-10-5-7-15-8-6-10/h10-12,15,17H,3-9H2,1-2H3,(H,16,18). The lowest BCUT2D eigenvalue weighted by Crippen LogP contribution is -2.61. The molecule has 104 valence electrons. The van der Waals surface area contributed by atoms with Gasteiger partial charge in [0.25, 0.3) is 0 Å². The van der Waals surface area contributed by atoms with E-state index in [-0.39, 0.29) is 23.5 Å². The monoisotopic (exact) mass is 254 g/mol. The smallest absolute Gasteiger partial charge is 0.220 e. The van der Waals surface area contributed by atoms with Gasteiger partial charge in [-0.25, -0.2) is 0 Å². The van der Waals surface area contributed by atoms with Gasteiger partial charge in [-0.3, -0.25) is 4.79 Å². The molecule has 4 nitrogen and oxygen atoms in total. The summed E-state index contributed by atoms with van der Waals surface area (Å²) in [4.78, 5) is 11.9. The molecule has 18 heavy (non-hydrogen) atoms. The van der Waals surface area contributed by atoms with E-state index in [1.807, 2.05) is 13.8 Å². The predicted molar refractivity (Wildman–Crippen MR) is 71.2 cm³/mol. The molecule has 0 aromatic heterocycles. The maximum Gasteiger partial charge on any atom is 0.220 e. The third kappa shape index (κ3) is 3.04. The van der Waals surface area contributed by atoms with Crippen LogP contribution < -0.4 is 10.6 Å². The fourth-order valence-electron chi connectivity index (χ4n) is 2.92. The Bertz CT molecular complexity index is 298. The van der Waals surface area contributed by atoms with Crippen molar-refractivity contribution in [2.45, 2.75) is 58.1 Å². The summed E-state index contributed by atoms with van der Waals surface area (Å²) in [6.07, 6.45) is 4.46. The molecule has 0 radical (unpaired) electrons. The summed E-state index contributed by atoms with van der Waals surface area (Å²) < 4.78 is 0. The number of hydrogen-bond donors (Lipinski definition) is 3. The van der Waals surface area contributed by atoms with Crippen molar-refractivity contribution in [1.29, 1.82) is 0 Å². The molecule has 0 aromatic carbocycles. The summed E-state index contributed by atoms with van der Waals surface area (Å²) in [6, 6.07) is 0.146. The maximum absolute atomic E-state index is 11.9. The van der Waals surface area contributed by atoms with Gasteiger partial charge < -0.3 is 15.7 Å². The second-order valence-electron chi connectivity index (χ2n) is 6.43. The molecule has 1 amide bonds. The summed E-state index contributed by atoms with van der Waals surface area (Å²) in [5.41, 5.74) is -0.162. The van der Waals surface area contributed by atoms with Gasteiger partial charge in [-0.05, 0) is 44.7 Å². The molecule has 2 rings (SSSR count). The van der Waals surface area contributed by atoms with Gasteiger partial charge in [0.1, 0.15) is 0 Å². The Balaban J connectivity index is 1.66. The quantitative estimate of drug-likeness (QED) is 0.702. The number of piperidine rings is 1. The number of hydrogen-bond acceptors (Lipinski definition) is 3. The van der Waals surface area contributed by atoms with Crippen molar-refractivity contribution < 1.29 is 9.90 Å². The number of aliphatic hydroxyl groups excluding tert-OH is 1. The number of carbonyl (C=O) groups is 1. The minimum Gasteiger partial charge on any atom is -0.392 e. The Morgan fingerprint density at radius 3 is 2.61 bits per heavy atom. The van der Waals surface area contributed by atoms with Crippen molar-refractivity contribution in [3.63, 3.8) is 0 Å². The van der Waals surface area contributed by atoms with Crippen LogP contribution in [0.3, 0.4) is 0 Å². The molecular formula is C14H26N2O2. The van der Waals surface area contributed by atoms with Crippen LogP contribution in [-0.2, 0) is 4.79 Å². The SMILES string of the molecule is CC1(C)C(O)CC1NC(=O)CCC1CCNCC1. The number of rotatable bonds is 4. The van der Waals surface area contributed by atoms with E-state index in [1.54, 1.807) is 0 Å². The average molecular weight is 254 g/mol. The van der Waals surface area contributed by atoms with E-state index in [2.05, 4.69) is 10.6 Å². The van der Waals surface area contributed by atoms with Crippen LogP contribution in [0.5, 0.6) is 0 Å². The summed E-state index contributed by atoms with van der Waals surface area (Å²) in [7, 11) is 0. The first-order chi connectivity index (χ1) is 8.50. The molecule has 1 heterocycles. The maximum atomic E-state index is 11.9. The van der Waals surface area contributed by atoms with Gasteiger partial charge in [0.2, 0.25) is 5.91 Å². The first-order valence-corrected chi connectivity index (χ1v) is 7.18. The van der Waals surface area contributed by atoms with Crippen LogP contribution in [-0.4, -0.2) is 36.2 Å². The molecule has 0 bridgehead atoms. The van der Waals surface area contributed by atoms with Gasteiger partial charge >= 0.3 is 0 Å². The molecule has 2 atom stereocenters. The van der Waals surface area contributed by atoms with Crippen LogP contribution in [0.15, 0.2) is 0 Å². The normalized spacial score (nSPS) is 31.7. The van der Waals surface area contributed by atoms with E-state index in [0.29, 0.717) is 18.8 Å². The largest absolute Gasteiger partial charge is 0.392 e.